The van der Waals surface area contributed by atoms with Gasteiger partial charge in [-0.05, 0) is 38.3 Å². The minimum absolute atomic E-state index is 0.336. The Morgan fingerprint density at radius 1 is 1.32 bits per heavy atom. The van der Waals surface area contributed by atoms with Crippen LogP contribution in [0.15, 0.2) is 24.3 Å². The molecule has 3 atom stereocenters. The quantitative estimate of drug-likeness (QED) is 0.886. The van der Waals surface area contributed by atoms with Gasteiger partial charge in [-0.15, -0.1) is 0 Å². The Kier molecular flexibility index (Phi) is 3.27. The molecule has 0 spiro atoms. The molecule has 3 heteroatoms. The molecule has 0 radical (unpaired) electrons. The van der Waals surface area contributed by atoms with Crippen molar-refractivity contribution in [3.05, 3.63) is 29.8 Å². The van der Waals surface area contributed by atoms with Gasteiger partial charge < -0.3 is 14.7 Å². The van der Waals surface area contributed by atoms with Crippen molar-refractivity contribution < 1.29 is 9.84 Å². The van der Waals surface area contributed by atoms with E-state index in [0.29, 0.717) is 11.8 Å². The first-order valence-corrected chi connectivity index (χ1v) is 7.19. The van der Waals surface area contributed by atoms with Gasteiger partial charge in [0.25, 0.3) is 0 Å². The number of likely N-dealkylation sites (tertiary alicyclic amines) is 1. The van der Waals surface area contributed by atoms with Gasteiger partial charge in [0.05, 0.1) is 12.7 Å². The van der Waals surface area contributed by atoms with E-state index in [9.17, 15) is 5.11 Å². The van der Waals surface area contributed by atoms with Crippen molar-refractivity contribution in [1.82, 2.24) is 4.90 Å². The molecule has 1 aromatic rings. The molecule has 1 saturated heterocycles. The van der Waals surface area contributed by atoms with E-state index in [4.69, 9.17) is 4.74 Å². The average molecular weight is 261 g/mol. The summed E-state index contributed by atoms with van der Waals surface area (Å²) in [4.78, 5) is 2.35. The van der Waals surface area contributed by atoms with Crippen LogP contribution < -0.4 is 4.74 Å². The minimum atomic E-state index is -0.722. The summed E-state index contributed by atoms with van der Waals surface area (Å²) in [6.07, 6.45) is 3.19. The van der Waals surface area contributed by atoms with Crippen molar-refractivity contribution in [2.75, 3.05) is 27.2 Å². The second kappa shape index (κ2) is 4.80. The Balaban J connectivity index is 2.01. The van der Waals surface area contributed by atoms with E-state index in [1.165, 1.54) is 6.42 Å². The predicted molar refractivity (Wildman–Crippen MR) is 75.2 cm³/mol. The highest BCUT2D eigenvalue weighted by atomic mass is 16.5. The number of fused-ring (bicyclic) bond motifs is 1. The lowest BCUT2D eigenvalue weighted by atomic mass is 9.67. The van der Waals surface area contributed by atoms with Crippen molar-refractivity contribution >= 4 is 0 Å². The summed E-state index contributed by atoms with van der Waals surface area (Å²) in [6.45, 7) is 2.10. The molecule has 1 aliphatic heterocycles. The maximum atomic E-state index is 11.3. The Morgan fingerprint density at radius 2 is 2.11 bits per heavy atom. The number of methoxy groups -OCH3 is 1. The van der Waals surface area contributed by atoms with E-state index in [0.717, 1.165) is 37.2 Å². The Bertz CT molecular complexity index is 462. The third-order valence-corrected chi connectivity index (χ3v) is 4.94. The van der Waals surface area contributed by atoms with Crippen LogP contribution in [0.3, 0.4) is 0 Å². The fourth-order valence-corrected chi connectivity index (χ4v) is 4.08. The first kappa shape index (κ1) is 12.9. The number of ether oxygens (including phenoxy) is 1. The number of para-hydroxylation sites is 1. The zero-order valence-corrected chi connectivity index (χ0v) is 11.8. The summed E-state index contributed by atoms with van der Waals surface area (Å²) >= 11 is 0. The molecular formula is C16H23NO2. The van der Waals surface area contributed by atoms with Crippen LogP contribution in [-0.4, -0.2) is 37.3 Å². The molecule has 1 aliphatic carbocycles. The number of rotatable bonds is 2. The monoisotopic (exact) mass is 261 g/mol. The molecule has 0 amide bonds. The molecule has 1 saturated carbocycles. The Labute approximate surface area is 115 Å². The first-order valence-electron chi connectivity index (χ1n) is 7.19. The zero-order chi connectivity index (χ0) is 13.5. The third kappa shape index (κ3) is 2.05. The topological polar surface area (TPSA) is 32.7 Å². The first-order chi connectivity index (χ1) is 9.15. The summed E-state index contributed by atoms with van der Waals surface area (Å²) in [7, 11) is 3.84. The molecule has 1 aromatic carbocycles. The maximum Gasteiger partial charge on any atom is 0.124 e. The molecule has 2 aliphatic rings. The molecule has 3 nitrogen and oxygen atoms in total. The number of aliphatic hydroxyl groups is 1. The van der Waals surface area contributed by atoms with E-state index in [1.807, 2.05) is 24.3 Å². The largest absolute Gasteiger partial charge is 0.496 e. The molecule has 1 N–H and O–H groups in total. The minimum Gasteiger partial charge on any atom is -0.496 e. The van der Waals surface area contributed by atoms with E-state index in [-0.39, 0.29) is 0 Å². The second-order valence-corrected chi connectivity index (χ2v) is 6.10. The van der Waals surface area contributed by atoms with Gasteiger partial charge in [0, 0.05) is 24.6 Å². The van der Waals surface area contributed by atoms with Crippen molar-refractivity contribution in [2.24, 2.45) is 11.8 Å². The molecule has 19 heavy (non-hydrogen) atoms. The smallest absolute Gasteiger partial charge is 0.124 e. The fraction of sp³-hybridized carbons (Fsp3) is 0.625. The number of benzene rings is 1. The van der Waals surface area contributed by atoms with Crippen molar-refractivity contribution in [3.8, 4) is 5.75 Å². The summed E-state index contributed by atoms with van der Waals surface area (Å²) in [5, 5.41) is 11.3. The van der Waals surface area contributed by atoms with Crippen LogP contribution in [0.25, 0.3) is 0 Å². The van der Waals surface area contributed by atoms with E-state index in [2.05, 4.69) is 11.9 Å². The second-order valence-electron chi connectivity index (χ2n) is 6.10. The van der Waals surface area contributed by atoms with Crippen LogP contribution in [0.2, 0.25) is 0 Å². The lowest BCUT2D eigenvalue weighted by Crippen LogP contribution is -2.42. The molecule has 2 fully saturated rings. The molecule has 1 heterocycles. The third-order valence-electron chi connectivity index (χ3n) is 4.94. The highest BCUT2D eigenvalue weighted by Gasteiger charge is 2.49. The molecule has 3 unspecified atom stereocenters. The predicted octanol–water partition coefficient (Wildman–Crippen LogP) is 2.24. The van der Waals surface area contributed by atoms with Gasteiger partial charge in [-0.25, -0.2) is 0 Å². The van der Waals surface area contributed by atoms with Crippen LogP contribution in [-0.2, 0) is 5.60 Å². The highest BCUT2D eigenvalue weighted by Crippen LogP contribution is 2.49. The standard InChI is InChI=1S/C16H23NO2/c1-17-10-12-6-5-9-16(18,14(12)11-17)13-7-3-4-8-15(13)19-2/h3-4,7-8,12,14,18H,5-6,9-11H2,1-2H3. The summed E-state index contributed by atoms with van der Waals surface area (Å²) in [5.74, 6) is 1.77. The van der Waals surface area contributed by atoms with Crippen molar-refractivity contribution in [3.63, 3.8) is 0 Å². The van der Waals surface area contributed by atoms with E-state index in [1.54, 1.807) is 7.11 Å². The maximum absolute atomic E-state index is 11.3. The van der Waals surface area contributed by atoms with E-state index < -0.39 is 5.60 Å². The van der Waals surface area contributed by atoms with Gasteiger partial charge in [0.2, 0.25) is 0 Å². The summed E-state index contributed by atoms with van der Waals surface area (Å²) in [5.41, 5.74) is 0.253. The van der Waals surface area contributed by atoms with Crippen molar-refractivity contribution in [2.45, 2.75) is 24.9 Å². The van der Waals surface area contributed by atoms with Gasteiger partial charge >= 0.3 is 0 Å². The number of nitrogens with zero attached hydrogens (tertiary/aromatic N) is 1. The number of hydrogen-bond acceptors (Lipinski definition) is 3. The SMILES string of the molecule is COc1ccccc1C1(O)CCCC2CN(C)CC21. The van der Waals surface area contributed by atoms with Crippen LogP contribution in [0.1, 0.15) is 24.8 Å². The van der Waals surface area contributed by atoms with Gasteiger partial charge in [-0.1, -0.05) is 18.2 Å². The van der Waals surface area contributed by atoms with Gasteiger partial charge in [0.15, 0.2) is 0 Å². The highest BCUT2D eigenvalue weighted by molar-refractivity contribution is 5.39. The Morgan fingerprint density at radius 3 is 2.89 bits per heavy atom. The van der Waals surface area contributed by atoms with Crippen LogP contribution in [0.5, 0.6) is 5.75 Å². The van der Waals surface area contributed by atoms with Gasteiger partial charge in [0.1, 0.15) is 5.75 Å². The molecule has 104 valence electrons. The summed E-state index contributed by atoms with van der Waals surface area (Å²) in [6, 6.07) is 7.94. The van der Waals surface area contributed by atoms with Crippen LogP contribution in [0, 0.1) is 11.8 Å². The average Bonchev–Trinajstić information content (AvgIpc) is 2.81. The molecule has 3 rings (SSSR count). The number of hydrogen-bond donors (Lipinski definition) is 1. The van der Waals surface area contributed by atoms with Crippen molar-refractivity contribution in [1.29, 1.82) is 0 Å². The van der Waals surface area contributed by atoms with Crippen LogP contribution in [0.4, 0.5) is 0 Å². The van der Waals surface area contributed by atoms with E-state index >= 15 is 0 Å². The normalized spacial score (nSPS) is 35.1. The van der Waals surface area contributed by atoms with Gasteiger partial charge in [-0.3, -0.25) is 0 Å². The lowest BCUT2D eigenvalue weighted by molar-refractivity contribution is -0.0659. The zero-order valence-electron chi connectivity index (χ0n) is 11.8. The molecule has 0 aromatic heterocycles. The Hall–Kier alpha value is -1.06. The molecular weight excluding hydrogens is 238 g/mol. The van der Waals surface area contributed by atoms with Gasteiger partial charge in [-0.2, -0.15) is 0 Å². The molecule has 0 bridgehead atoms. The summed E-state index contributed by atoms with van der Waals surface area (Å²) < 4.78 is 5.47. The fourth-order valence-electron chi connectivity index (χ4n) is 4.08. The lowest BCUT2D eigenvalue weighted by Gasteiger charge is -2.42. The van der Waals surface area contributed by atoms with Crippen LogP contribution >= 0.6 is 0 Å².